The van der Waals surface area contributed by atoms with Crippen molar-refractivity contribution < 1.29 is 9.59 Å². The van der Waals surface area contributed by atoms with Gasteiger partial charge < -0.3 is 10.2 Å². The van der Waals surface area contributed by atoms with Gasteiger partial charge in [-0.15, -0.1) is 22.7 Å². The first-order valence-corrected chi connectivity index (χ1v) is 10.6. The minimum absolute atomic E-state index is 0.0135. The number of carbonyl (C=O) groups excluding carboxylic acids is 2. The Morgan fingerprint density at radius 3 is 2.74 bits per heavy atom. The molecule has 0 unspecified atom stereocenters. The Kier molecular flexibility index (Phi) is 5.09. The van der Waals surface area contributed by atoms with E-state index in [1.165, 1.54) is 11.3 Å². The highest BCUT2D eigenvalue weighted by Crippen LogP contribution is 2.26. The van der Waals surface area contributed by atoms with Gasteiger partial charge in [-0.25, -0.2) is 9.78 Å². The van der Waals surface area contributed by atoms with Crippen molar-refractivity contribution in [1.29, 1.82) is 0 Å². The number of benzene rings is 1. The van der Waals surface area contributed by atoms with Crippen LogP contribution in [0.1, 0.15) is 17.8 Å². The van der Waals surface area contributed by atoms with Crippen molar-refractivity contribution in [2.75, 3.05) is 23.7 Å². The first kappa shape index (κ1) is 17.9. The van der Waals surface area contributed by atoms with Crippen molar-refractivity contribution in [2.45, 2.75) is 19.8 Å². The fraction of sp³-hybridized carbons (Fsp3) is 0.316. The lowest BCUT2D eigenvalue weighted by atomic mass is 9.96. The normalized spacial score (nSPS) is 15.1. The fourth-order valence-electron chi connectivity index (χ4n) is 3.24. The molecule has 1 saturated heterocycles. The number of likely N-dealkylation sites (tertiary alicyclic amines) is 1. The van der Waals surface area contributed by atoms with Gasteiger partial charge in [0.15, 0.2) is 0 Å². The minimum atomic E-state index is -0.0966. The largest absolute Gasteiger partial charge is 0.326 e. The average molecular weight is 401 g/mol. The van der Waals surface area contributed by atoms with E-state index in [4.69, 9.17) is 0 Å². The Labute approximate surface area is 165 Å². The quantitative estimate of drug-likeness (QED) is 0.677. The molecular formula is C19H20N4O2S2. The van der Waals surface area contributed by atoms with Crippen molar-refractivity contribution >= 4 is 55.5 Å². The molecule has 0 atom stereocenters. The Hall–Kier alpha value is -2.45. The maximum absolute atomic E-state index is 12.6. The lowest BCUT2D eigenvalue weighted by Crippen LogP contribution is -2.43. The zero-order valence-corrected chi connectivity index (χ0v) is 16.5. The predicted octanol–water partition coefficient (Wildman–Crippen LogP) is 4.55. The van der Waals surface area contributed by atoms with E-state index in [1.807, 2.05) is 42.6 Å². The predicted molar refractivity (Wildman–Crippen MR) is 111 cm³/mol. The third-order valence-electron chi connectivity index (χ3n) is 4.67. The topological polar surface area (TPSA) is 74.3 Å². The molecule has 0 aliphatic carbocycles. The number of aromatic nitrogens is 1. The number of aryl methyl sites for hydroxylation is 1. The maximum Gasteiger partial charge on any atom is 0.322 e. The summed E-state index contributed by atoms with van der Waals surface area (Å²) in [5.41, 5.74) is 1.69. The number of piperidine rings is 1. The summed E-state index contributed by atoms with van der Waals surface area (Å²) in [6.45, 7) is 3.14. The van der Waals surface area contributed by atoms with E-state index in [2.05, 4.69) is 15.6 Å². The molecule has 2 N–H and O–H groups in total. The number of thiophene rings is 1. The SMILES string of the molecule is Cc1nc2cc(NC(=O)C3CCN(C(=O)Nc4cccs4)CC3)ccc2s1. The summed E-state index contributed by atoms with van der Waals surface area (Å²) in [5, 5.41) is 9.68. The van der Waals surface area contributed by atoms with Crippen LogP contribution in [-0.2, 0) is 4.79 Å². The molecule has 140 valence electrons. The molecule has 1 aliphatic rings. The van der Waals surface area contributed by atoms with Gasteiger partial charge >= 0.3 is 6.03 Å². The smallest absolute Gasteiger partial charge is 0.322 e. The highest BCUT2D eigenvalue weighted by molar-refractivity contribution is 7.18. The third kappa shape index (κ3) is 4.12. The molecule has 6 nitrogen and oxygen atoms in total. The van der Waals surface area contributed by atoms with E-state index in [0.29, 0.717) is 25.9 Å². The summed E-state index contributed by atoms with van der Waals surface area (Å²) in [6.07, 6.45) is 1.34. The molecule has 2 aromatic heterocycles. The number of rotatable bonds is 3. The molecule has 27 heavy (non-hydrogen) atoms. The third-order valence-corrected chi connectivity index (χ3v) is 6.40. The second-order valence-electron chi connectivity index (χ2n) is 6.57. The lowest BCUT2D eigenvalue weighted by molar-refractivity contribution is -0.121. The summed E-state index contributed by atoms with van der Waals surface area (Å²) in [5.74, 6) is -0.0664. The summed E-state index contributed by atoms with van der Waals surface area (Å²) < 4.78 is 1.12. The van der Waals surface area contributed by atoms with Crippen molar-refractivity contribution in [3.63, 3.8) is 0 Å². The standard InChI is InChI=1S/C19H20N4O2S2/c1-12-20-15-11-14(4-5-16(15)27-12)21-18(24)13-6-8-23(9-7-13)19(25)22-17-3-2-10-26-17/h2-5,10-11,13H,6-9H2,1H3,(H,21,24)(H,22,25). The zero-order valence-electron chi connectivity index (χ0n) is 14.9. The molecule has 0 spiro atoms. The van der Waals surface area contributed by atoms with E-state index in [1.54, 1.807) is 16.2 Å². The van der Waals surface area contributed by atoms with E-state index in [-0.39, 0.29) is 17.9 Å². The molecule has 1 aliphatic heterocycles. The number of amides is 3. The number of carbonyl (C=O) groups is 2. The number of hydrogen-bond acceptors (Lipinski definition) is 5. The maximum atomic E-state index is 12.6. The van der Waals surface area contributed by atoms with Crippen LogP contribution in [0.25, 0.3) is 10.2 Å². The molecule has 8 heteroatoms. The second kappa shape index (κ2) is 7.66. The average Bonchev–Trinajstić information content (AvgIpc) is 3.30. The number of nitrogens with one attached hydrogen (secondary N) is 2. The van der Waals surface area contributed by atoms with Gasteiger partial charge in [-0.3, -0.25) is 10.1 Å². The van der Waals surface area contributed by atoms with Crippen LogP contribution < -0.4 is 10.6 Å². The number of thiazole rings is 1. The van der Waals surface area contributed by atoms with Gasteiger partial charge in [0.05, 0.1) is 20.2 Å². The minimum Gasteiger partial charge on any atom is -0.326 e. The van der Waals surface area contributed by atoms with Crippen LogP contribution in [0.2, 0.25) is 0 Å². The molecule has 3 heterocycles. The van der Waals surface area contributed by atoms with Gasteiger partial charge in [0.1, 0.15) is 0 Å². The van der Waals surface area contributed by atoms with Crippen LogP contribution in [0.3, 0.4) is 0 Å². The van der Waals surface area contributed by atoms with Gasteiger partial charge in [-0.05, 0) is 55.5 Å². The van der Waals surface area contributed by atoms with Crippen LogP contribution >= 0.6 is 22.7 Å². The fourth-order valence-corrected chi connectivity index (χ4v) is 4.66. The van der Waals surface area contributed by atoms with Crippen LogP contribution in [0, 0.1) is 12.8 Å². The summed E-state index contributed by atoms with van der Waals surface area (Å²) in [7, 11) is 0. The summed E-state index contributed by atoms with van der Waals surface area (Å²) in [6, 6.07) is 9.51. The number of urea groups is 1. The lowest BCUT2D eigenvalue weighted by Gasteiger charge is -2.31. The molecule has 3 aromatic rings. The van der Waals surface area contributed by atoms with E-state index < -0.39 is 0 Å². The summed E-state index contributed by atoms with van der Waals surface area (Å²) >= 11 is 3.14. The highest BCUT2D eigenvalue weighted by atomic mass is 32.1. The van der Waals surface area contributed by atoms with Crippen LogP contribution in [0.5, 0.6) is 0 Å². The molecule has 4 rings (SSSR count). The molecule has 1 aromatic carbocycles. The van der Waals surface area contributed by atoms with Crippen molar-refractivity contribution in [1.82, 2.24) is 9.88 Å². The van der Waals surface area contributed by atoms with E-state index in [0.717, 1.165) is 25.9 Å². The Morgan fingerprint density at radius 1 is 1.19 bits per heavy atom. The Bertz CT molecular complexity index is 959. The zero-order chi connectivity index (χ0) is 18.8. The Morgan fingerprint density at radius 2 is 2.00 bits per heavy atom. The second-order valence-corrected chi connectivity index (χ2v) is 8.76. The molecule has 0 saturated carbocycles. The molecule has 1 fully saturated rings. The number of hydrogen-bond donors (Lipinski definition) is 2. The number of anilines is 2. The highest BCUT2D eigenvalue weighted by Gasteiger charge is 2.27. The van der Waals surface area contributed by atoms with Crippen LogP contribution in [0.15, 0.2) is 35.7 Å². The van der Waals surface area contributed by atoms with Crippen molar-refractivity contribution in [3.05, 3.63) is 40.7 Å². The number of fused-ring (bicyclic) bond motifs is 1. The first-order chi connectivity index (χ1) is 13.1. The van der Waals surface area contributed by atoms with Gasteiger partial charge in [-0.2, -0.15) is 0 Å². The van der Waals surface area contributed by atoms with Crippen molar-refractivity contribution in [2.24, 2.45) is 5.92 Å². The van der Waals surface area contributed by atoms with Crippen molar-refractivity contribution in [3.8, 4) is 0 Å². The Balaban J connectivity index is 1.31. The van der Waals surface area contributed by atoms with Crippen LogP contribution in [0.4, 0.5) is 15.5 Å². The van der Waals surface area contributed by atoms with Gasteiger partial charge in [-0.1, -0.05) is 0 Å². The molecular weight excluding hydrogens is 380 g/mol. The first-order valence-electron chi connectivity index (χ1n) is 8.86. The summed E-state index contributed by atoms with van der Waals surface area (Å²) in [4.78, 5) is 31.1. The van der Waals surface area contributed by atoms with Gasteiger partial charge in [0.25, 0.3) is 0 Å². The van der Waals surface area contributed by atoms with E-state index in [9.17, 15) is 9.59 Å². The monoisotopic (exact) mass is 400 g/mol. The van der Waals surface area contributed by atoms with E-state index >= 15 is 0 Å². The number of nitrogens with zero attached hydrogens (tertiary/aromatic N) is 2. The van der Waals surface area contributed by atoms with Gasteiger partial charge in [0, 0.05) is 24.7 Å². The van der Waals surface area contributed by atoms with Crippen LogP contribution in [-0.4, -0.2) is 34.9 Å². The van der Waals surface area contributed by atoms with Gasteiger partial charge in [0.2, 0.25) is 5.91 Å². The molecule has 3 amide bonds. The molecule has 0 radical (unpaired) electrons. The molecule has 0 bridgehead atoms.